The third-order valence-corrected chi connectivity index (χ3v) is 7.77. The Morgan fingerprint density at radius 3 is 2.58 bits per heavy atom. The van der Waals surface area contributed by atoms with Crippen LogP contribution >= 0.6 is 0 Å². The summed E-state index contributed by atoms with van der Waals surface area (Å²) in [6, 6.07) is 19.1. The number of carbonyl (C=O) groups is 2. The third kappa shape index (κ3) is 6.31. The number of hydrogen-bond acceptors (Lipinski definition) is 10. The molecule has 1 aliphatic heterocycles. The van der Waals surface area contributed by atoms with Gasteiger partial charge in [-0.3, -0.25) is 14.5 Å². The highest BCUT2D eigenvalue weighted by Crippen LogP contribution is 2.34. The van der Waals surface area contributed by atoms with E-state index in [1.54, 1.807) is 18.2 Å². The summed E-state index contributed by atoms with van der Waals surface area (Å²) in [4.78, 5) is 32.1. The fraction of sp³-hybridized carbons (Fsp3) is 0.323. The lowest BCUT2D eigenvalue weighted by molar-refractivity contribution is -0.127. The van der Waals surface area contributed by atoms with Crippen molar-refractivity contribution in [2.45, 2.75) is 31.5 Å². The van der Waals surface area contributed by atoms with Crippen LogP contribution in [0.1, 0.15) is 24.4 Å². The smallest absolute Gasteiger partial charge is 0.249 e. The lowest BCUT2D eigenvalue weighted by Gasteiger charge is -2.32. The average molecular weight is 611 g/mol. The molecule has 0 unspecified atom stereocenters. The molecule has 0 bridgehead atoms. The number of aromatic nitrogens is 7. The van der Waals surface area contributed by atoms with Gasteiger partial charge in [0.25, 0.3) is 0 Å². The number of methoxy groups -OCH3 is 1. The molecule has 45 heavy (non-hydrogen) atoms. The van der Waals surface area contributed by atoms with Gasteiger partial charge in [-0.15, -0.1) is 10.2 Å². The summed E-state index contributed by atoms with van der Waals surface area (Å²) in [7, 11) is 5.40. The summed E-state index contributed by atoms with van der Waals surface area (Å²) >= 11 is 0. The Morgan fingerprint density at radius 2 is 1.87 bits per heavy atom. The predicted molar refractivity (Wildman–Crippen MR) is 166 cm³/mol. The van der Waals surface area contributed by atoms with Crippen molar-refractivity contribution in [3.8, 4) is 11.4 Å². The number of ether oxygens (including phenoxy) is 2. The van der Waals surface area contributed by atoms with Gasteiger partial charge in [-0.2, -0.15) is 4.68 Å². The summed E-state index contributed by atoms with van der Waals surface area (Å²) in [6.45, 7) is 0.838. The molecule has 0 radical (unpaired) electrons. The summed E-state index contributed by atoms with van der Waals surface area (Å²) < 4.78 is 14.5. The van der Waals surface area contributed by atoms with Crippen LogP contribution in [0.5, 0.6) is 5.75 Å². The number of tetrazole rings is 1. The molecule has 2 aromatic heterocycles. The van der Waals surface area contributed by atoms with Crippen LogP contribution in [0, 0.1) is 0 Å². The van der Waals surface area contributed by atoms with Crippen LogP contribution in [0.15, 0.2) is 73.1 Å². The molecule has 232 valence electrons. The van der Waals surface area contributed by atoms with Gasteiger partial charge in [0.1, 0.15) is 35.9 Å². The van der Waals surface area contributed by atoms with Crippen molar-refractivity contribution in [2.24, 2.45) is 0 Å². The maximum atomic E-state index is 14.5. The maximum absolute atomic E-state index is 14.5. The molecule has 1 saturated heterocycles. The van der Waals surface area contributed by atoms with Crippen LogP contribution in [0.25, 0.3) is 16.7 Å². The molecule has 1 N–H and O–H groups in total. The van der Waals surface area contributed by atoms with Crippen LogP contribution < -0.4 is 19.9 Å². The standard InChI is InChI=1S/C31H34N10O4/c1-38(2)22-12-10-21(11-13-22)30(31(43)32-18-24-7-6-16-45-24)41(29(42)19-39-26-9-5-4-8-25(26)34-36-39)23-14-15-27(28(17-23)44-3)40-20-33-35-37-40/h4-5,8-15,17,20,24,30H,6-7,16,18-19H2,1-3H3,(H,32,43)/t24-,30-/m1/s1. The molecule has 3 aromatic carbocycles. The lowest BCUT2D eigenvalue weighted by Crippen LogP contribution is -2.46. The highest BCUT2D eigenvalue weighted by atomic mass is 16.5. The number of benzene rings is 3. The van der Waals surface area contributed by atoms with E-state index in [-0.39, 0.29) is 24.5 Å². The molecule has 5 aromatic rings. The Hall–Kier alpha value is -5.37. The van der Waals surface area contributed by atoms with Crippen molar-refractivity contribution < 1.29 is 19.1 Å². The molecule has 1 fully saturated rings. The van der Waals surface area contributed by atoms with E-state index in [9.17, 15) is 9.59 Å². The van der Waals surface area contributed by atoms with Gasteiger partial charge in [-0.05, 0) is 65.2 Å². The Bertz CT molecular complexity index is 1770. The SMILES string of the molecule is COc1cc(N(C(=O)Cn2nnc3ccccc32)[C@@H](C(=O)NC[C@H]2CCCO2)c2ccc(N(C)C)cc2)ccc1-n1cnnn1. The number of hydrogen-bond donors (Lipinski definition) is 1. The number of anilines is 2. The zero-order chi connectivity index (χ0) is 31.3. The molecule has 0 saturated carbocycles. The second-order valence-electron chi connectivity index (χ2n) is 10.9. The highest BCUT2D eigenvalue weighted by molar-refractivity contribution is 6.02. The molecule has 3 heterocycles. The van der Waals surface area contributed by atoms with Crippen LogP contribution in [0.3, 0.4) is 0 Å². The van der Waals surface area contributed by atoms with Crippen molar-refractivity contribution >= 4 is 34.2 Å². The van der Waals surface area contributed by atoms with E-state index < -0.39 is 6.04 Å². The van der Waals surface area contributed by atoms with Crippen molar-refractivity contribution in [2.75, 3.05) is 44.2 Å². The molecular formula is C31H34N10O4. The van der Waals surface area contributed by atoms with Gasteiger partial charge in [-0.1, -0.05) is 29.5 Å². The first-order valence-electron chi connectivity index (χ1n) is 14.6. The van der Waals surface area contributed by atoms with Crippen molar-refractivity contribution in [3.63, 3.8) is 0 Å². The summed E-state index contributed by atoms with van der Waals surface area (Å²) in [5.41, 5.74) is 3.95. The van der Waals surface area contributed by atoms with E-state index in [0.717, 1.165) is 18.5 Å². The van der Waals surface area contributed by atoms with Crippen molar-refractivity contribution in [3.05, 3.63) is 78.6 Å². The molecule has 0 spiro atoms. The quantitative estimate of drug-likeness (QED) is 0.237. The van der Waals surface area contributed by atoms with Gasteiger partial charge in [0, 0.05) is 44.7 Å². The second-order valence-corrected chi connectivity index (χ2v) is 10.9. The normalized spacial score (nSPS) is 15.1. The molecular weight excluding hydrogens is 576 g/mol. The largest absolute Gasteiger partial charge is 0.494 e. The molecule has 2 atom stereocenters. The Balaban J connectivity index is 1.44. The number of amides is 2. The molecule has 14 heteroatoms. The number of nitrogens with zero attached hydrogens (tertiary/aromatic N) is 9. The number of nitrogens with one attached hydrogen (secondary N) is 1. The lowest BCUT2D eigenvalue weighted by atomic mass is 10.0. The average Bonchev–Trinajstić information content (AvgIpc) is 3.86. The second kappa shape index (κ2) is 13.1. The minimum atomic E-state index is -1.03. The van der Waals surface area contributed by atoms with Crippen molar-refractivity contribution in [1.82, 2.24) is 40.5 Å². The fourth-order valence-electron chi connectivity index (χ4n) is 5.44. The first-order chi connectivity index (χ1) is 21.9. The van der Waals surface area contributed by atoms with Gasteiger partial charge in [0.15, 0.2) is 0 Å². The van der Waals surface area contributed by atoms with Crippen LogP contribution in [-0.2, 0) is 20.9 Å². The zero-order valence-electron chi connectivity index (χ0n) is 25.3. The molecule has 6 rings (SSSR count). The molecule has 14 nitrogen and oxygen atoms in total. The minimum Gasteiger partial charge on any atom is -0.494 e. The third-order valence-electron chi connectivity index (χ3n) is 7.77. The Morgan fingerprint density at radius 1 is 1.07 bits per heavy atom. The molecule has 2 amide bonds. The highest BCUT2D eigenvalue weighted by Gasteiger charge is 2.34. The zero-order valence-corrected chi connectivity index (χ0v) is 25.3. The monoisotopic (exact) mass is 610 g/mol. The van der Waals surface area contributed by atoms with Gasteiger partial charge in [0.05, 0.1) is 18.7 Å². The Labute approximate surface area is 259 Å². The van der Waals surface area contributed by atoms with E-state index in [2.05, 4.69) is 31.2 Å². The van der Waals surface area contributed by atoms with E-state index in [1.165, 1.54) is 27.7 Å². The first kappa shape index (κ1) is 29.7. The van der Waals surface area contributed by atoms with Crippen LogP contribution in [0.4, 0.5) is 11.4 Å². The summed E-state index contributed by atoms with van der Waals surface area (Å²) in [6.07, 6.45) is 3.18. The molecule has 1 aliphatic rings. The number of carbonyl (C=O) groups excluding carboxylic acids is 2. The predicted octanol–water partition coefficient (Wildman–Crippen LogP) is 2.55. The van der Waals surface area contributed by atoms with Gasteiger partial charge in [-0.25, -0.2) is 4.68 Å². The number of rotatable bonds is 11. The van der Waals surface area contributed by atoms with E-state index in [1.807, 2.05) is 67.5 Å². The van der Waals surface area contributed by atoms with Gasteiger partial charge >= 0.3 is 0 Å². The van der Waals surface area contributed by atoms with E-state index in [4.69, 9.17) is 9.47 Å². The van der Waals surface area contributed by atoms with E-state index in [0.29, 0.717) is 46.9 Å². The van der Waals surface area contributed by atoms with Gasteiger partial charge in [0.2, 0.25) is 11.8 Å². The minimum absolute atomic E-state index is 0.0768. The topological polar surface area (TPSA) is 145 Å². The van der Waals surface area contributed by atoms with Crippen molar-refractivity contribution in [1.29, 1.82) is 0 Å². The fourth-order valence-corrected chi connectivity index (χ4v) is 5.44. The first-order valence-corrected chi connectivity index (χ1v) is 14.6. The number of para-hydroxylation sites is 1. The number of fused-ring (bicyclic) bond motifs is 1. The maximum Gasteiger partial charge on any atom is 0.249 e. The van der Waals surface area contributed by atoms with E-state index >= 15 is 0 Å². The van der Waals surface area contributed by atoms with Crippen LogP contribution in [-0.4, -0.2) is 87.5 Å². The van der Waals surface area contributed by atoms with Gasteiger partial charge < -0.3 is 19.7 Å². The molecule has 0 aliphatic carbocycles. The summed E-state index contributed by atoms with van der Waals surface area (Å²) in [5.74, 6) is -0.314. The Kier molecular flexibility index (Phi) is 8.64. The van der Waals surface area contributed by atoms with Crippen LogP contribution in [0.2, 0.25) is 0 Å². The summed E-state index contributed by atoms with van der Waals surface area (Å²) in [5, 5.41) is 22.9.